The molecule has 3 heterocycles. The molecule has 1 unspecified atom stereocenters. The number of nitrogens with zero attached hydrogens (tertiary/aromatic N) is 1. The fourth-order valence-corrected chi connectivity index (χ4v) is 3.95. The van der Waals surface area contributed by atoms with Gasteiger partial charge in [-0.05, 0) is 17.5 Å². The first-order chi connectivity index (χ1) is 12.9. The third-order valence-corrected chi connectivity index (χ3v) is 5.40. The van der Waals surface area contributed by atoms with E-state index in [-0.39, 0.29) is 50.8 Å². The molecule has 0 spiro atoms. The number of halogens is 2. The number of fused-ring (bicyclic) bond motifs is 1. The van der Waals surface area contributed by atoms with Crippen molar-refractivity contribution in [2.45, 2.75) is 43.9 Å². The van der Waals surface area contributed by atoms with E-state index in [1.807, 2.05) is 0 Å². The van der Waals surface area contributed by atoms with Crippen molar-refractivity contribution in [1.29, 1.82) is 0 Å². The average molecular weight is 378 g/mol. The number of piperidine rings is 1. The molecule has 0 radical (unpaired) electrons. The lowest BCUT2D eigenvalue weighted by atomic mass is 10.0. The normalized spacial score (nSPS) is 27.0. The van der Waals surface area contributed by atoms with Gasteiger partial charge in [-0.3, -0.25) is 19.7 Å². The van der Waals surface area contributed by atoms with Crippen LogP contribution in [0.25, 0.3) is 0 Å². The third kappa shape index (κ3) is 3.21. The Hall–Kier alpha value is -2.39. The van der Waals surface area contributed by atoms with E-state index < -0.39 is 23.9 Å². The Morgan fingerprint density at radius 3 is 2.78 bits per heavy atom. The van der Waals surface area contributed by atoms with Crippen LogP contribution in [0.3, 0.4) is 0 Å². The molecule has 3 aliphatic heterocycles. The minimum Gasteiger partial charge on any atom is -0.322 e. The van der Waals surface area contributed by atoms with Crippen molar-refractivity contribution < 1.29 is 23.2 Å². The second-order valence-electron chi connectivity index (χ2n) is 7.18. The highest BCUT2D eigenvalue weighted by Gasteiger charge is 2.44. The molecule has 27 heavy (non-hydrogen) atoms. The fourth-order valence-electron chi connectivity index (χ4n) is 3.95. The topological polar surface area (TPSA) is 90.5 Å². The molecular formula is C18H20F2N4O3. The van der Waals surface area contributed by atoms with Gasteiger partial charge in [0.1, 0.15) is 6.04 Å². The largest absolute Gasteiger partial charge is 0.322 e. The number of hydrogen-bond acceptors (Lipinski definition) is 5. The molecule has 2 saturated heterocycles. The van der Waals surface area contributed by atoms with Crippen molar-refractivity contribution in [3.05, 3.63) is 34.9 Å². The molecule has 0 saturated carbocycles. The summed E-state index contributed by atoms with van der Waals surface area (Å²) in [5, 5.41) is 7.76. The molecule has 3 amide bonds. The Bertz CT molecular complexity index is 814. The van der Waals surface area contributed by atoms with E-state index in [1.54, 1.807) is 18.2 Å². The van der Waals surface area contributed by atoms with Crippen LogP contribution in [0.5, 0.6) is 0 Å². The van der Waals surface area contributed by atoms with Gasteiger partial charge in [0.05, 0.1) is 12.6 Å². The molecule has 2 fully saturated rings. The SMILES string of the molecule is O=C1CCC(N2Cc3cccc(CN[C@@H]4CNCC4(F)F)c3C2=O)C(=O)N1. The highest BCUT2D eigenvalue weighted by molar-refractivity contribution is 6.05. The van der Waals surface area contributed by atoms with Gasteiger partial charge in [-0.25, -0.2) is 8.78 Å². The smallest absolute Gasteiger partial charge is 0.276 e. The van der Waals surface area contributed by atoms with Gasteiger partial charge in [0.25, 0.3) is 11.8 Å². The summed E-state index contributed by atoms with van der Waals surface area (Å²) < 4.78 is 27.5. The van der Waals surface area contributed by atoms with Gasteiger partial charge in [-0.1, -0.05) is 18.2 Å². The zero-order chi connectivity index (χ0) is 19.2. The van der Waals surface area contributed by atoms with Crippen molar-refractivity contribution in [3.8, 4) is 0 Å². The van der Waals surface area contributed by atoms with Gasteiger partial charge in [-0.15, -0.1) is 0 Å². The summed E-state index contributed by atoms with van der Waals surface area (Å²) in [6.07, 6.45) is 0.479. The second-order valence-corrected chi connectivity index (χ2v) is 7.18. The number of carbonyl (C=O) groups is 3. The molecule has 1 aromatic carbocycles. The molecule has 3 aliphatic rings. The molecule has 9 heteroatoms. The average Bonchev–Trinajstić information content (AvgIpc) is 3.13. The molecule has 0 aliphatic carbocycles. The van der Waals surface area contributed by atoms with Crippen molar-refractivity contribution >= 4 is 17.7 Å². The number of hydrogen-bond donors (Lipinski definition) is 3. The van der Waals surface area contributed by atoms with Gasteiger partial charge in [0.15, 0.2) is 0 Å². The van der Waals surface area contributed by atoms with E-state index in [2.05, 4.69) is 16.0 Å². The van der Waals surface area contributed by atoms with Crippen LogP contribution in [0, 0.1) is 0 Å². The number of carbonyl (C=O) groups excluding carboxylic acids is 3. The van der Waals surface area contributed by atoms with Gasteiger partial charge in [0.2, 0.25) is 11.8 Å². The molecule has 1 aromatic rings. The lowest BCUT2D eigenvalue weighted by Gasteiger charge is -2.29. The van der Waals surface area contributed by atoms with E-state index in [9.17, 15) is 23.2 Å². The number of alkyl halides is 2. The fraction of sp³-hybridized carbons (Fsp3) is 0.500. The van der Waals surface area contributed by atoms with Crippen molar-refractivity contribution in [3.63, 3.8) is 0 Å². The van der Waals surface area contributed by atoms with Gasteiger partial charge in [-0.2, -0.15) is 0 Å². The summed E-state index contributed by atoms with van der Waals surface area (Å²) in [5.74, 6) is -3.94. The van der Waals surface area contributed by atoms with Gasteiger partial charge < -0.3 is 15.5 Å². The molecular weight excluding hydrogens is 358 g/mol. The summed E-state index contributed by atoms with van der Waals surface area (Å²) >= 11 is 0. The lowest BCUT2D eigenvalue weighted by Crippen LogP contribution is -2.52. The van der Waals surface area contributed by atoms with Crippen molar-refractivity contribution in [2.24, 2.45) is 0 Å². The number of amides is 3. The first-order valence-corrected chi connectivity index (χ1v) is 8.94. The Labute approximate surface area is 154 Å². The Kier molecular flexibility index (Phi) is 4.43. The summed E-state index contributed by atoms with van der Waals surface area (Å²) in [6.45, 7) is 0.216. The molecule has 3 N–H and O–H groups in total. The van der Waals surface area contributed by atoms with Crippen LogP contribution < -0.4 is 16.0 Å². The maximum Gasteiger partial charge on any atom is 0.276 e. The van der Waals surface area contributed by atoms with Crippen LogP contribution in [0.1, 0.15) is 34.3 Å². The Morgan fingerprint density at radius 2 is 2.07 bits per heavy atom. The maximum atomic E-state index is 13.8. The van der Waals surface area contributed by atoms with Gasteiger partial charge >= 0.3 is 0 Å². The Morgan fingerprint density at radius 1 is 1.26 bits per heavy atom. The highest BCUT2D eigenvalue weighted by Crippen LogP contribution is 2.30. The van der Waals surface area contributed by atoms with Crippen LogP contribution in [0.2, 0.25) is 0 Å². The van der Waals surface area contributed by atoms with Crippen molar-refractivity contribution in [2.75, 3.05) is 13.1 Å². The monoisotopic (exact) mass is 378 g/mol. The molecule has 2 atom stereocenters. The quantitative estimate of drug-likeness (QED) is 0.649. The summed E-state index contributed by atoms with van der Waals surface area (Å²) in [6, 6.07) is 3.64. The summed E-state index contributed by atoms with van der Waals surface area (Å²) in [4.78, 5) is 37.9. The zero-order valence-corrected chi connectivity index (χ0v) is 14.6. The third-order valence-electron chi connectivity index (χ3n) is 5.40. The number of imide groups is 1. The minimum atomic E-state index is -2.83. The van der Waals surface area contributed by atoms with E-state index >= 15 is 0 Å². The number of nitrogens with one attached hydrogen (secondary N) is 3. The van der Waals surface area contributed by atoms with Crippen LogP contribution >= 0.6 is 0 Å². The lowest BCUT2D eigenvalue weighted by molar-refractivity contribution is -0.136. The van der Waals surface area contributed by atoms with Crippen LogP contribution in [-0.4, -0.2) is 53.7 Å². The summed E-state index contributed by atoms with van der Waals surface area (Å²) in [7, 11) is 0. The minimum absolute atomic E-state index is 0.139. The van der Waals surface area contributed by atoms with E-state index in [0.29, 0.717) is 11.1 Å². The molecule has 144 valence electrons. The molecule has 7 nitrogen and oxygen atoms in total. The molecule has 0 aromatic heterocycles. The predicted octanol–water partition coefficient (Wildman–Crippen LogP) is 0.144. The summed E-state index contributed by atoms with van der Waals surface area (Å²) in [5.41, 5.74) is 1.86. The maximum absolute atomic E-state index is 13.8. The second kappa shape index (κ2) is 6.65. The number of rotatable bonds is 4. The predicted molar refractivity (Wildman–Crippen MR) is 90.9 cm³/mol. The molecule has 0 bridgehead atoms. The van der Waals surface area contributed by atoms with Gasteiger partial charge in [0, 0.05) is 31.6 Å². The van der Waals surface area contributed by atoms with Crippen molar-refractivity contribution in [1.82, 2.24) is 20.9 Å². The van der Waals surface area contributed by atoms with Crippen LogP contribution in [0.15, 0.2) is 18.2 Å². The first kappa shape index (κ1) is 18.0. The van der Waals surface area contributed by atoms with E-state index in [0.717, 1.165) is 5.56 Å². The van der Waals surface area contributed by atoms with Crippen LogP contribution in [0.4, 0.5) is 8.78 Å². The first-order valence-electron chi connectivity index (χ1n) is 8.94. The molecule has 4 rings (SSSR count). The number of benzene rings is 1. The van der Waals surface area contributed by atoms with Crippen LogP contribution in [-0.2, 0) is 22.7 Å². The zero-order valence-electron chi connectivity index (χ0n) is 14.6. The van der Waals surface area contributed by atoms with E-state index in [1.165, 1.54) is 4.90 Å². The Balaban J connectivity index is 1.51. The van der Waals surface area contributed by atoms with E-state index in [4.69, 9.17) is 0 Å². The highest BCUT2D eigenvalue weighted by atomic mass is 19.3. The standard InChI is InChI=1S/C18H20F2N4O3/c19-18(20)9-21-7-13(18)22-6-10-2-1-3-11-8-24(17(27)15(10)11)12-4-5-14(25)23-16(12)26/h1-3,12-13,21-22H,4-9H2,(H,23,25,26)/t12?,13-/m1/s1.